The van der Waals surface area contributed by atoms with Crippen molar-refractivity contribution in [3.63, 3.8) is 0 Å². The lowest BCUT2D eigenvalue weighted by Gasteiger charge is -2.24. The number of hydrogen-bond donors (Lipinski definition) is 3. The number of likely N-dealkylation sites (tertiary alicyclic amines) is 1. The molecule has 0 radical (unpaired) electrons. The minimum Gasteiger partial charge on any atom is -0.497 e. The Bertz CT molecular complexity index is 780. The fourth-order valence-electron chi connectivity index (χ4n) is 3.05. The molecule has 0 bridgehead atoms. The molecule has 0 spiro atoms. The molecule has 27 heavy (non-hydrogen) atoms. The van der Waals surface area contributed by atoms with E-state index in [0.29, 0.717) is 12.2 Å². The van der Waals surface area contributed by atoms with E-state index in [2.05, 4.69) is 10.6 Å². The molecule has 1 saturated heterocycles. The van der Waals surface area contributed by atoms with Crippen LogP contribution in [0.15, 0.2) is 54.6 Å². The van der Waals surface area contributed by atoms with Gasteiger partial charge in [0.15, 0.2) is 0 Å². The Morgan fingerprint density at radius 3 is 2.52 bits per heavy atom. The van der Waals surface area contributed by atoms with Crippen LogP contribution in [-0.2, 0) is 11.3 Å². The molecular weight excluding hydrogens is 346 g/mol. The van der Waals surface area contributed by atoms with E-state index >= 15 is 0 Å². The van der Waals surface area contributed by atoms with Crippen LogP contribution in [0.1, 0.15) is 12.0 Å². The molecule has 0 aromatic heterocycles. The second-order valence-electron chi connectivity index (χ2n) is 6.42. The molecule has 3 N–H and O–H groups in total. The largest absolute Gasteiger partial charge is 0.497 e. The zero-order valence-corrected chi connectivity index (χ0v) is 15.1. The van der Waals surface area contributed by atoms with Gasteiger partial charge in [-0.25, -0.2) is 4.79 Å². The van der Waals surface area contributed by atoms with Gasteiger partial charge in [0.25, 0.3) is 0 Å². The molecule has 1 heterocycles. The highest BCUT2D eigenvalue weighted by atomic mass is 16.5. The molecule has 2 unspecified atom stereocenters. The smallest absolute Gasteiger partial charge is 0.322 e. The molecule has 2 atom stereocenters. The summed E-state index contributed by atoms with van der Waals surface area (Å²) in [4.78, 5) is 26.5. The Kier molecular flexibility index (Phi) is 5.93. The highest BCUT2D eigenvalue weighted by Gasteiger charge is 2.38. The van der Waals surface area contributed by atoms with E-state index in [1.165, 1.54) is 4.90 Å². The number of benzene rings is 2. The number of urea groups is 1. The summed E-state index contributed by atoms with van der Waals surface area (Å²) in [6, 6.07) is 15.3. The molecule has 3 rings (SSSR count). The third-order valence-corrected chi connectivity index (χ3v) is 4.49. The van der Waals surface area contributed by atoms with Gasteiger partial charge in [-0.15, -0.1) is 0 Å². The van der Waals surface area contributed by atoms with Crippen LogP contribution in [-0.4, -0.2) is 47.7 Å². The maximum Gasteiger partial charge on any atom is 0.322 e. The van der Waals surface area contributed by atoms with Crippen LogP contribution in [0.25, 0.3) is 0 Å². The minimum absolute atomic E-state index is 0.124. The van der Waals surface area contributed by atoms with Crippen molar-refractivity contribution in [1.29, 1.82) is 0 Å². The normalized spacial score (nSPS) is 18.8. The predicted octanol–water partition coefficient (Wildman–Crippen LogP) is 1.98. The van der Waals surface area contributed by atoms with Gasteiger partial charge >= 0.3 is 6.03 Å². The number of carbonyl (C=O) groups is 2. The molecule has 0 aliphatic carbocycles. The summed E-state index contributed by atoms with van der Waals surface area (Å²) < 4.78 is 5.11. The number of amides is 3. The third-order valence-electron chi connectivity index (χ3n) is 4.49. The minimum atomic E-state index is -0.719. The van der Waals surface area contributed by atoms with E-state index in [0.717, 1.165) is 11.3 Å². The van der Waals surface area contributed by atoms with Crippen molar-refractivity contribution in [2.45, 2.75) is 25.1 Å². The first-order valence-electron chi connectivity index (χ1n) is 8.78. The maximum absolute atomic E-state index is 12.6. The fourth-order valence-corrected chi connectivity index (χ4v) is 3.05. The number of nitrogens with one attached hydrogen (secondary N) is 2. The summed E-state index contributed by atoms with van der Waals surface area (Å²) in [7, 11) is 1.59. The molecule has 3 amide bonds. The average Bonchev–Trinajstić information content (AvgIpc) is 3.09. The van der Waals surface area contributed by atoms with Crippen LogP contribution in [0.5, 0.6) is 5.75 Å². The molecule has 2 aromatic rings. The van der Waals surface area contributed by atoms with E-state index < -0.39 is 18.2 Å². The molecule has 1 aliphatic rings. The lowest BCUT2D eigenvalue weighted by atomic mass is 10.1. The number of carbonyl (C=O) groups excluding carboxylic acids is 2. The van der Waals surface area contributed by atoms with Gasteiger partial charge in [-0.05, 0) is 29.8 Å². The Balaban J connectivity index is 1.60. The summed E-state index contributed by atoms with van der Waals surface area (Å²) in [5.74, 6) is 0.457. The van der Waals surface area contributed by atoms with Gasteiger partial charge in [0.2, 0.25) is 5.91 Å². The molecule has 0 saturated carbocycles. The van der Waals surface area contributed by atoms with Crippen LogP contribution in [0, 0.1) is 0 Å². The number of aliphatic hydroxyl groups excluding tert-OH is 1. The number of aliphatic hydroxyl groups is 1. The molecule has 142 valence electrons. The van der Waals surface area contributed by atoms with Crippen molar-refractivity contribution < 1.29 is 19.4 Å². The van der Waals surface area contributed by atoms with E-state index in [4.69, 9.17) is 4.74 Å². The fraction of sp³-hybridized carbons (Fsp3) is 0.300. The van der Waals surface area contributed by atoms with Gasteiger partial charge in [-0.1, -0.05) is 30.3 Å². The van der Waals surface area contributed by atoms with E-state index in [1.54, 1.807) is 19.2 Å². The summed E-state index contributed by atoms with van der Waals surface area (Å²) in [6.07, 6.45) is -0.500. The summed E-state index contributed by atoms with van der Waals surface area (Å²) in [5, 5.41) is 15.6. The standard InChI is InChI=1S/C20H23N3O4/c1-27-17-9-7-14(8-10-17)12-21-19(25)18-11-16(24)13-23(18)20(26)22-15-5-3-2-4-6-15/h2-10,16,18,24H,11-13H2,1H3,(H,21,25)(H,22,26). The van der Waals surface area contributed by atoms with E-state index in [1.807, 2.05) is 42.5 Å². The van der Waals surface area contributed by atoms with Gasteiger partial charge in [0, 0.05) is 25.2 Å². The zero-order valence-electron chi connectivity index (χ0n) is 15.1. The number of nitrogens with zero attached hydrogens (tertiary/aromatic N) is 1. The SMILES string of the molecule is COc1ccc(CNC(=O)C2CC(O)CN2C(=O)Nc2ccccc2)cc1. The Labute approximate surface area is 157 Å². The Morgan fingerprint density at radius 2 is 1.85 bits per heavy atom. The second-order valence-corrected chi connectivity index (χ2v) is 6.42. The number of rotatable bonds is 5. The van der Waals surface area contributed by atoms with Crippen molar-refractivity contribution in [2.75, 3.05) is 19.0 Å². The quantitative estimate of drug-likeness (QED) is 0.752. The summed E-state index contributed by atoms with van der Waals surface area (Å²) in [5.41, 5.74) is 1.56. The first-order valence-corrected chi connectivity index (χ1v) is 8.78. The number of ether oxygens (including phenoxy) is 1. The van der Waals surface area contributed by atoms with Crippen LogP contribution in [0.2, 0.25) is 0 Å². The number of anilines is 1. The summed E-state index contributed by atoms with van der Waals surface area (Å²) in [6.45, 7) is 0.461. The molecule has 2 aromatic carbocycles. The molecular formula is C20H23N3O4. The topological polar surface area (TPSA) is 90.9 Å². The average molecular weight is 369 g/mol. The monoisotopic (exact) mass is 369 g/mol. The van der Waals surface area contributed by atoms with Gasteiger partial charge < -0.3 is 25.4 Å². The van der Waals surface area contributed by atoms with Gasteiger partial charge in [0.1, 0.15) is 11.8 Å². The maximum atomic E-state index is 12.6. The van der Waals surface area contributed by atoms with E-state index in [-0.39, 0.29) is 18.9 Å². The number of β-amino-alcohol motifs (C(OH)–C–C–N with tert-alkyl or cyclic N) is 1. The van der Waals surface area contributed by atoms with Gasteiger partial charge in [0.05, 0.1) is 13.2 Å². The van der Waals surface area contributed by atoms with Gasteiger partial charge in [-0.2, -0.15) is 0 Å². The first-order chi connectivity index (χ1) is 13.1. The molecule has 1 aliphatic heterocycles. The van der Waals surface area contributed by atoms with Crippen molar-refractivity contribution in [1.82, 2.24) is 10.2 Å². The Morgan fingerprint density at radius 1 is 1.15 bits per heavy atom. The molecule has 1 fully saturated rings. The van der Waals surface area contributed by atoms with Crippen LogP contribution in [0.4, 0.5) is 10.5 Å². The number of methoxy groups -OCH3 is 1. The second kappa shape index (κ2) is 8.55. The van der Waals surface area contributed by atoms with E-state index in [9.17, 15) is 14.7 Å². The van der Waals surface area contributed by atoms with Gasteiger partial charge in [-0.3, -0.25) is 4.79 Å². The van der Waals surface area contributed by atoms with Crippen molar-refractivity contribution in [3.05, 3.63) is 60.2 Å². The lowest BCUT2D eigenvalue weighted by Crippen LogP contribution is -2.47. The van der Waals surface area contributed by atoms with Crippen molar-refractivity contribution in [3.8, 4) is 5.75 Å². The Hall–Kier alpha value is -3.06. The zero-order chi connectivity index (χ0) is 19.2. The summed E-state index contributed by atoms with van der Waals surface area (Å²) >= 11 is 0. The van der Waals surface area contributed by atoms with Crippen LogP contribution < -0.4 is 15.4 Å². The lowest BCUT2D eigenvalue weighted by molar-refractivity contribution is -0.124. The van der Waals surface area contributed by atoms with Crippen LogP contribution >= 0.6 is 0 Å². The predicted molar refractivity (Wildman–Crippen MR) is 101 cm³/mol. The third kappa shape index (κ3) is 4.77. The highest BCUT2D eigenvalue weighted by molar-refractivity contribution is 5.94. The number of hydrogen-bond acceptors (Lipinski definition) is 4. The van der Waals surface area contributed by atoms with Crippen molar-refractivity contribution in [2.24, 2.45) is 0 Å². The van der Waals surface area contributed by atoms with Crippen LogP contribution in [0.3, 0.4) is 0 Å². The highest BCUT2D eigenvalue weighted by Crippen LogP contribution is 2.20. The molecule has 7 nitrogen and oxygen atoms in total. The first kappa shape index (κ1) is 18.7. The number of para-hydroxylation sites is 1. The van der Waals surface area contributed by atoms with Crippen molar-refractivity contribution >= 4 is 17.6 Å². The molecule has 7 heteroatoms.